The Morgan fingerprint density at radius 3 is 2.52 bits per heavy atom. The van der Waals surface area contributed by atoms with Gasteiger partial charge >= 0.3 is 0 Å². The van der Waals surface area contributed by atoms with Gasteiger partial charge in [-0.2, -0.15) is 0 Å². The van der Waals surface area contributed by atoms with Crippen molar-refractivity contribution in [1.82, 2.24) is 15.6 Å². The molecule has 1 aliphatic heterocycles. The monoisotopic (exact) mass is 338 g/mol. The summed E-state index contributed by atoms with van der Waals surface area (Å²) in [7, 11) is 0. The van der Waals surface area contributed by atoms with E-state index >= 15 is 0 Å². The van der Waals surface area contributed by atoms with Crippen molar-refractivity contribution in [2.75, 3.05) is 5.32 Å². The van der Waals surface area contributed by atoms with Crippen molar-refractivity contribution in [3.05, 3.63) is 54.4 Å². The summed E-state index contributed by atoms with van der Waals surface area (Å²) in [6.45, 7) is 2.43. The maximum Gasteiger partial charge on any atom is 0.242 e. The van der Waals surface area contributed by atoms with E-state index < -0.39 is 6.04 Å². The largest absolute Gasteiger partial charge is 0.355 e. The number of anilines is 2. The average molecular weight is 338 g/mol. The average Bonchev–Trinajstić information content (AvgIpc) is 2.61. The molecule has 2 heterocycles. The minimum Gasteiger partial charge on any atom is -0.355 e. The third-order valence-corrected chi connectivity index (χ3v) is 4.21. The first-order valence-electron chi connectivity index (χ1n) is 8.43. The van der Waals surface area contributed by atoms with Gasteiger partial charge in [0, 0.05) is 36.7 Å². The topological polar surface area (TPSA) is 83.1 Å². The van der Waals surface area contributed by atoms with Crippen molar-refractivity contribution in [2.45, 2.75) is 32.4 Å². The first-order valence-corrected chi connectivity index (χ1v) is 8.43. The van der Waals surface area contributed by atoms with Gasteiger partial charge in [-0.25, -0.2) is 0 Å². The van der Waals surface area contributed by atoms with Gasteiger partial charge in [0.05, 0.1) is 0 Å². The van der Waals surface area contributed by atoms with Gasteiger partial charge in [0.25, 0.3) is 0 Å². The maximum atomic E-state index is 12.2. The van der Waals surface area contributed by atoms with Crippen LogP contribution in [0.5, 0.6) is 0 Å². The second kappa shape index (κ2) is 7.79. The number of hydrogen-bond acceptors (Lipinski definition) is 4. The highest BCUT2D eigenvalue weighted by atomic mass is 16.2. The van der Waals surface area contributed by atoms with Crippen LogP contribution in [-0.2, 0) is 16.1 Å². The summed E-state index contributed by atoms with van der Waals surface area (Å²) in [6, 6.07) is 11.2. The lowest BCUT2D eigenvalue weighted by Gasteiger charge is -2.26. The van der Waals surface area contributed by atoms with Crippen LogP contribution in [0.25, 0.3) is 0 Å². The van der Waals surface area contributed by atoms with E-state index in [1.165, 1.54) is 0 Å². The molecule has 2 atom stereocenters. The number of pyridine rings is 1. The number of carbonyl (C=O) groups excluding carboxylic acids is 2. The van der Waals surface area contributed by atoms with Gasteiger partial charge in [0.2, 0.25) is 11.8 Å². The third-order valence-electron chi connectivity index (χ3n) is 4.21. The number of hydrogen-bond donors (Lipinski definition) is 3. The quantitative estimate of drug-likeness (QED) is 0.781. The molecule has 0 saturated carbocycles. The minimum absolute atomic E-state index is 0.0505. The number of benzene rings is 1. The standard InChI is InChI=1S/C19H22N4O2/c1-13-10-17(23-18(24)11-13)19(25)21-12-14-2-4-15(5-3-14)22-16-6-8-20-9-7-16/h2-9,13,17H,10-12H2,1H3,(H,20,22)(H,21,25)(H,23,24)/t13-,17-/m0/s1. The number of nitrogens with zero attached hydrogens (tertiary/aromatic N) is 1. The summed E-state index contributed by atoms with van der Waals surface area (Å²) in [5, 5.41) is 8.93. The summed E-state index contributed by atoms with van der Waals surface area (Å²) in [4.78, 5) is 27.8. The highest BCUT2D eigenvalue weighted by Crippen LogP contribution is 2.17. The van der Waals surface area contributed by atoms with Crippen LogP contribution in [0.4, 0.5) is 11.4 Å². The summed E-state index contributed by atoms with van der Waals surface area (Å²) in [6.07, 6.45) is 4.65. The number of nitrogens with one attached hydrogen (secondary N) is 3. The molecule has 25 heavy (non-hydrogen) atoms. The van der Waals surface area contributed by atoms with Gasteiger partial charge in [-0.1, -0.05) is 19.1 Å². The molecular weight excluding hydrogens is 316 g/mol. The van der Waals surface area contributed by atoms with Crippen LogP contribution in [-0.4, -0.2) is 22.8 Å². The van der Waals surface area contributed by atoms with Crippen molar-refractivity contribution < 1.29 is 9.59 Å². The molecule has 6 heteroatoms. The number of amides is 2. The second-order valence-corrected chi connectivity index (χ2v) is 6.44. The number of carbonyl (C=O) groups is 2. The Bertz CT molecular complexity index is 731. The smallest absolute Gasteiger partial charge is 0.242 e. The van der Waals surface area contributed by atoms with E-state index in [1.807, 2.05) is 43.3 Å². The predicted octanol–water partition coefficient (Wildman–Crippen LogP) is 2.36. The summed E-state index contributed by atoms with van der Waals surface area (Å²) in [5.74, 6) is 0.0624. The zero-order valence-electron chi connectivity index (χ0n) is 14.2. The predicted molar refractivity (Wildman–Crippen MR) is 96.1 cm³/mol. The van der Waals surface area contributed by atoms with Crippen LogP contribution >= 0.6 is 0 Å². The molecule has 3 N–H and O–H groups in total. The zero-order valence-corrected chi connectivity index (χ0v) is 14.2. The van der Waals surface area contributed by atoms with E-state index in [4.69, 9.17) is 0 Å². The Morgan fingerprint density at radius 2 is 1.84 bits per heavy atom. The molecule has 0 spiro atoms. The van der Waals surface area contributed by atoms with Crippen LogP contribution in [0.2, 0.25) is 0 Å². The molecule has 6 nitrogen and oxygen atoms in total. The van der Waals surface area contributed by atoms with E-state index in [-0.39, 0.29) is 17.7 Å². The molecule has 1 aliphatic rings. The number of rotatable bonds is 5. The van der Waals surface area contributed by atoms with Crippen molar-refractivity contribution >= 4 is 23.2 Å². The molecule has 0 unspecified atom stereocenters. The Labute approximate surface area is 147 Å². The lowest BCUT2D eigenvalue weighted by molar-refractivity contribution is -0.132. The first kappa shape index (κ1) is 17.0. The van der Waals surface area contributed by atoms with Gasteiger partial charge in [-0.15, -0.1) is 0 Å². The fourth-order valence-electron chi connectivity index (χ4n) is 2.91. The number of piperidine rings is 1. The Hall–Kier alpha value is -2.89. The minimum atomic E-state index is -0.427. The molecular formula is C19H22N4O2. The molecule has 0 radical (unpaired) electrons. The van der Waals surface area contributed by atoms with Crippen molar-refractivity contribution in [2.24, 2.45) is 5.92 Å². The lowest BCUT2D eigenvalue weighted by Crippen LogP contribution is -2.50. The van der Waals surface area contributed by atoms with Crippen molar-refractivity contribution in [3.63, 3.8) is 0 Å². The molecule has 1 saturated heterocycles. The molecule has 1 fully saturated rings. The van der Waals surface area contributed by atoms with Crippen LogP contribution in [0, 0.1) is 5.92 Å². The van der Waals surface area contributed by atoms with Crippen molar-refractivity contribution in [3.8, 4) is 0 Å². The third kappa shape index (κ3) is 4.79. The van der Waals surface area contributed by atoms with E-state index in [0.717, 1.165) is 16.9 Å². The SMILES string of the molecule is C[C@@H]1CC(=O)N[C@H](C(=O)NCc2ccc(Nc3ccncc3)cc2)C1. The maximum absolute atomic E-state index is 12.2. The summed E-state index contributed by atoms with van der Waals surface area (Å²) < 4.78 is 0. The fourth-order valence-corrected chi connectivity index (χ4v) is 2.91. The fraction of sp³-hybridized carbons (Fsp3) is 0.316. The summed E-state index contributed by atoms with van der Waals surface area (Å²) >= 11 is 0. The van der Waals surface area contributed by atoms with Gasteiger partial charge < -0.3 is 16.0 Å². The molecule has 3 rings (SSSR count). The van der Waals surface area contributed by atoms with Crippen LogP contribution in [0.1, 0.15) is 25.3 Å². The number of aromatic nitrogens is 1. The molecule has 0 aliphatic carbocycles. The van der Waals surface area contributed by atoms with Gasteiger partial charge in [0.15, 0.2) is 0 Å². The normalized spacial score (nSPS) is 19.8. The van der Waals surface area contributed by atoms with Crippen LogP contribution in [0.3, 0.4) is 0 Å². The van der Waals surface area contributed by atoms with Gasteiger partial charge in [-0.3, -0.25) is 14.6 Å². The molecule has 2 amide bonds. The molecule has 2 aromatic rings. The Kier molecular flexibility index (Phi) is 5.28. The van der Waals surface area contributed by atoms with E-state index in [0.29, 0.717) is 19.4 Å². The van der Waals surface area contributed by atoms with Gasteiger partial charge in [0.1, 0.15) is 6.04 Å². The van der Waals surface area contributed by atoms with E-state index in [1.54, 1.807) is 12.4 Å². The molecule has 1 aromatic carbocycles. The van der Waals surface area contributed by atoms with Crippen molar-refractivity contribution in [1.29, 1.82) is 0 Å². The Morgan fingerprint density at radius 1 is 1.16 bits per heavy atom. The summed E-state index contributed by atoms with van der Waals surface area (Å²) in [5.41, 5.74) is 2.94. The van der Waals surface area contributed by atoms with Crippen LogP contribution < -0.4 is 16.0 Å². The molecule has 0 bridgehead atoms. The highest BCUT2D eigenvalue weighted by Gasteiger charge is 2.28. The van der Waals surface area contributed by atoms with E-state index in [2.05, 4.69) is 20.9 Å². The van der Waals surface area contributed by atoms with E-state index in [9.17, 15) is 9.59 Å². The molecule has 1 aromatic heterocycles. The Balaban J connectivity index is 1.51. The highest BCUT2D eigenvalue weighted by molar-refractivity contribution is 5.88. The van der Waals surface area contributed by atoms with Crippen LogP contribution in [0.15, 0.2) is 48.8 Å². The molecule has 130 valence electrons. The lowest BCUT2D eigenvalue weighted by atomic mass is 9.93. The first-order chi connectivity index (χ1) is 12.1. The second-order valence-electron chi connectivity index (χ2n) is 6.44. The zero-order chi connectivity index (χ0) is 17.6. The van der Waals surface area contributed by atoms with Gasteiger partial charge in [-0.05, 0) is 42.2 Å².